The molecule has 1 aliphatic carbocycles. The van der Waals surface area contributed by atoms with E-state index in [1.165, 1.54) is 16.7 Å². The van der Waals surface area contributed by atoms with Crippen LogP contribution in [0.1, 0.15) is 42.4 Å². The molecule has 0 aromatic heterocycles. The van der Waals surface area contributed by atoms with Crippen LogP contribution in [0.2, 0.25) is 0 Å². The van der Waals surface area contributed by atoms with Crippen molar-refractivity contribution in [2.45, 2.75) is 52.2 Å². The van der Waals surface area contributed by atoms with E-state index in [2.05, 4.69) is 32.0 Å². The Labute approximate surface area is 114 Å². The van der Waals surface area contributed by atoms with Gasteiger partial charge in [-0.2, -0.15) is 0 Å². The molecule has 0 amide bonds. The van der Waals surface area contributed by atoms with Crippen LogP contribution in [0.5, 0.6) is 0 Å². The summed E-state index contributed by atoms with van der Waals surface area (Å²) in [5.41, 5.74) is 3.78. The van der Waals surface area contributed by atoms with Crippen LogP contribution in [0.25, 0.3) is 0 Å². The van der Waals surface area contributed by atoms with Crippen molar-refractivity contribution in [3.63, 3.8) is 0 Å². The normalized spacial score (nSPS) is 23.3. The molecule has 0 heterocycles. The molecule has 1 N–H and O–H groups in total. The van der Waals surface area contributed by atoms with E-state index in [9.17, 15) is 4.79 Å². The lowest BCUT2D eigenvalue weighted by molar-refractivity contribution is -0.143. The molecule has 1 aliphatic rings. The van der Waals surface area contributed by atoms with E-state index in [0.717, 1.165) is 25.7 Å². The highest BCUT2D eigenvalue weighted by Gasteiger charge is 2.26. The second-order valence-corrected chi connectivity index (χ2v) is 5.54. The van der Waals surface area contributed by atoms with Gasteiger partial charge in [-0.05, 0) is 56.2 Å². The van der Waals surface area contributed by atoms with Gasteiger partial charge in [0.15, 0.2) is 0 Å². The first-order chi connectivity index (χ1) is 9.06. The molecule has 1 aromatic rings. The van der Waals surface area contributed by atoms with E-state index in [-0.39, 0.29) is 12.0 Å². The zero-order valence-corrected chi connectivity index (χ0v) is 11.7. The maximum absolute atomic E-state index is 10.9. The van der Waals surface area contributed by atoms with Crippen molar-refractivity contribution in [3.8, 4) is 0 Å². The Morgan fingerprint density at radius 1 is 1.21 bits per heavy atom. The van der Waals surface area contributed by atoms with Gasteiger partial charge in [0, 0.05) is 0 Å². The molecule has 0 saturated heterocycles. The van der Waals surface area contributed by atoms with Crippen LogP contribution >= 0.6 is 0 Å². The first-order valence-electron chi connectivity index (χ1n) is 6.97. The lowest BCUT2D eigenvalue weighted by Crippen LogP contribution is -2.25. The lowest BCUT2D eigenvalue weighted by atomic mass is 9.87. The van der Waals surface area contributed by atoms with E-state index >= 15 is 0 Å². The van der Waals surface area contributed by atoms with Gasteiger partial charge < -0.3 is 9.84 Å². The van der Waals surface area contributed by atoms with Crippen molar-refractivity contribution in [2.75, 3.05) is 0 Å². The van der Waals surface area contributed by atoms with Gasteiger partial charge in [0.25, 0.3) is 0 Å². The van der Waals surface area contributed by atoms with Crippen molar-refractivity contribution in [1.29, 1.82) is 0 Å². The van der Waals surface area contributed by atoms with Crippen molar-refractivity contribution in [2.24, 2.45) is 5.92 Å². The van der Waals surface area contributed by atoms with Crippen molar-refractivity contribution >= 4 is 5.97 Å². The monoisotopic (exact) mass is 262 g/mol. The number of benzene rings is 1. The van der Waals surface area contributed by atoms with E-state index < -0.39 is 5.97 Å². The maximum atomic E-state index is 10.9. The molecule has 3 heteroatoms. The minimum atomic E-state index is -0.660. The SMILES string of the molecule is Cc1ccc(COC2CCC(C(=O)O)CC2)cc1C. The lowest BCUT2D eigenvalue weighted by Gasteiger charge is -2.26. The summed E-state index contributed by atoms with van der Waals surface area (Å²) in [6.07, 6.45) is 3.43. The summed E-state index contributed by atoms with van der Waals surface area (Å²) >= 11 is 0. The molecule has 19 heavy (non-hydrogen) atoms. The molecule has 0 unspecified atom stereocenters. The Kier molecular flexibility index (Phi) is 4.59. The number of carboxylic acid groups (broad SMARTS) is 1. The molecular weight excluding hydrogens is 240 g/mol. The zero-order valence-electron chi connectivity index (χ0n) is 11.7. The van der Waals surface area contributed by atoms with Gasteiger partial charge in [-0.1, -0.05) is 18.2 Å². The summed E-state index contributed by atoms with van der Waals surface area (Å²) < 4.78 is 5.90. The van der Waals surface area contributed by atoms with E-state index in [1.54, 1.807) is 0 Å². The molecule has 1 aromatic carbocycles. The molecule has 2 rings (SSSR count). The average Bonchev–Trinajstić information content (AvgIpc) is 2.40. The van der Waals surface area contributed by atoms with Gasteiger partial charge in [0.2, 0.25) is 0 Å². The minimum Gasteiger partial charge on any atom is -0.481 e. The van der Waals surface area contributed by atoms with Crippen LogP contribution in [0, 0.1) is 19.8 Å². The van der Waals surface area contributed by atoms with Crippen LogP contribution in [-0.2, 0) is 16.1 Å². The fourth-order valence-electron chi connectivity index (χ4n) is 2.58. The van der Waals surface area contributed by atoms with Gasteiger partial charge in [0.05, 0.1) is 18.6 Å². The molecule has 3 nitrogen and oxygen atoms in total. The topological polar surface area (TPSA) is 46.5 Å². The number of aryl methyl sites for hydroxylation is 2. The predicted octanol–water partition coefficient (Wildman–Crippen LogP) is 3.46. The van der Waals surface area contributed by atoms with Crippen LogP contribution in [0.3, 0.4) is 0 Å². The van der Waals surface area contributed by atoms with Gasteiger partial charge in [-0.3, -0.25) is 4.79 Å². The molecule has 0 atom stereocenters. The van der Waals surface area contributed by atoms with Gasteiger partial charge >= 0.3 is 5.97 Å². The van der Waals surface area contributed by atoms with Crippen LogP contribution in [-0.4, -0.2) is 17.2 Å². The number of aliphatic carboxylic acids is 1. The summed E-state index contributed by atoms with van der Waals surface area (Å²) in [7, 11) is 0. The van der Waals surface area contributed by atoms with Crippen molar-refractivity contribution in [1.82, 2.24) is 0 Å². The minimum absolute atomic E-state index is 0.165. The molecule has 0 spiro atoms. The molecule has 0 bridgehead atoms. The second-order valence-electron chi connectivity index (χ2n) is 5.54. The van der Waals surface area contributed by atoms with E-state index in [1.807, 2.05) is 0 Å². The number of hydrogen-bond donors (Lipinski definition) is 1. The molecule has 1 saturated carbocycles. The molecule has 1 fully saturated rings. The Balaban J connectivity index is 1.80. The van der Waals surface area contributed by atoms with Crippen molar-refractivity contribution in [3.05, 3.63) is 34.9 Å². The number of rotatable bonds is 4. The summed E-state index contributed by atoms with van der Waals surface area (Å²) in [5.74, 6) is -0.825. The number of ether oxygens (including phenoxy) is 1. The third-order valence-corrected chi connectivity index (χ3v) is 4.08. The fraction of sp³-hybridized carbons (Fsp3) is 0.562. The molecular formula is C16H22O3. The average molecular weight is 262 g/mol. The Morgan fingerprint density at radius 2 is 1.89 bits per heavy atom. The smallest absolute Gasteiger partial charge is 0.306 e. The highest BCUT2D eigenvalue weighted by Crippen LogP contribution is 2.27. The standard InChI is InChI=1S/C16H22O3/c1-11-3-4-13(9-12(11)2)10-19-15-7-5-14(6-8-15)16(17)18/h3-4,9,14-15H,5-8,10H2,1-2H3,(H,17,18). The second kappa shape index (κ2) is 6.20. The third kappa shape index (κ3) is 3.80. The predicted molar refractivity (Wildman–Crippen MR) is 74.1 cm³/mol. The summed E-state index contributed by atoms with van der Waals surface area (Å²) in [6, 6.07) is 6.39. The van der Waals surface area contributed by atoms with Gasteiger partial charge in [-0.15, -0.1) is 0 Å². The van der Waals surface area contributed by atoms with E-state index in [4.69, 9.17) is 9.84 Å². The fourth-order valence-corrected chi connectivity index (χ4v) is 2.58. The third-order valence-electron chi connectivity index (χ3n) is 4.08. The highest BCUT2D eigenvalue weighted by molar-refractivity contribution is 5.70. The van der Waals surface area contributed by atoms with Crippen LogP contribution in [0.15, 0.2) is 18.2 Å². The van der Waals surface area contributed by atoms with Crippen LogP contribution < -0.4 is 0 Å². The summed E-state index contributed by atoms with van der Waals surface area (Å²) in [4.78, 5) is 10.9. The molecule has 104 valence electrons. The summed E-state index contributed by atoms with van der Waals surface area (Å²) in [5, 5.41) is 8.95. The number of carbonyl (C=O) groups is 1. The molecule has 0 radical (unpaired) electrons. The Hall–Kier alpha value is -1.35. The Morgan fingerprint density at radius 3 is 2.47 bits per heavy atom. The summed E-state index contributed by atoms with van der Waals surface area (Å²) in [6.45, 7) is 4.84. The van der Waals surface area contributed by atoms with Gasteiger partial charge in [-0.25, -0.2) is 0 Å². The Bertz CT molecular complexity index is 445. The van der Waals surface area contributed by atoms with Crippen molar-refractivity contribution < 1.29 is 14.6 Å². The highest BCUT2D eigenvalue weighted by atomic mass is 16.5. The van der Waals surface area contributed by atoms with Gasteiger partial charge in [0.1, 0.15) is 0 Å². The van der Waals surface area contributed by atoms with E-state index in [0.29, 0.717) is 6.61 Å². The quantitative estimate of drug-likeness (QED) is 0.903. The molecule has 0 aliphatic heterocycles. The first kappa shape index (κ1) is 14.1. The largest absolute Gasteiger partial charge is 0.481 e. The number of carboxylic acids is 1. The zero-order chi connectivity index (χ0) is 13.8. The maximum Gasteiger partial charge on any atom is 0.306 e. The number of hydrogen-bond acceptors (Lipinski definition) is 2. The van der Waals surface area contributed by atoms with Crippen LogP contribution in [0.4, 0.5) is 0 Å². The first-order valence-corrected chi connectivity index (χ1v) is 6.97.